The molecule has 0 bridgehead atoms. The number of nitrogens with zero attached hydrogens (tertiary/aromatic N) is 6. The van der Waals surface area contributed by atoms with Crippen LogP contribution in [0.25, 0.3) is 27.9 Å². The molecule has 0 saturated heterocycles. The van der Waals surface area contributed by atoms with E-state index in [1.54, 1.807) is 0 Å². The molecule has 2 aliphatic carbocycles. The number of rotatable bonds is 4. The SMILES string of the molecule is C=C/C=C\C(=C)C1=C(C#N)c2c(c(C(F)(F)F)c3c(c2C(F)(F)F)C(C#N)=C(c2ccccc2)C3=C(C#N)C#N)C1=C(C#N)C#N. The van der Waals surface area contributed by atoms with Crippen molar-refractivity contribution in [3.05, 3.63) is 123 Å². The molecule has 2 aromatic carbocycles. The molecule has 46 heavy (non-hydrogen) atoms. The first-order chi connectivity index (χ1) is 21.8. The van der Waals surface area contributed by atoms with Crippen LogP contribution in [0.3, 0.4) is 0 Å². The van der Waals surface area contributed by atoms with Crippen LogP contribution in [0.2, 0.25) is 0 Å². The average molecular weight is 618 g/mol. The second-order valence-corrected chi connectivity index (χ2v) is 9.40. The molecular weight excluding hydrogens is 606 g/mol. The Morgan fingerprint density at radius 1 is 0.652 bits per heavy atom. The van der Waals surface area contributed by atoms with Gasteiger partial charge in [-0.25, -0.2) is 0 Å². The molecule has 4 rings (SSSR count). The van der Waals surface area contributed by atoms with Crippen molar-refractivity contribution in [2.75, 3.05) is 0 Å². The first-order valence-electron chi connectivity index (χ1n) is 12.6. The van der Waals surface area contributed by atoms with Gasteiger partial charge in [0.2, 0.25) is 0 Å². The maximum atomic E-state index is 15.4. The third kappa shape index (κ3) is 4.74. The number of benzene rings is 2. The second kappa shape index (κ2) is 11.7. The minimum Gasteiger partial charge on any atom is -0.192 e. The van der Waals surface area contributed by atoms with Gasteiger partial charge in [0.05, 0.1) is 22.3 Å². The largest absolute Gasteiger partial charge is 0.417 e. The van der Waals surface area contributed by atoms with E-state index in [9.17, 15) is 31.6 Å². The minimum atomic E-state index is -5.61. The summed E-state index contributed by atoms with van der Waals surface area (Å²) in [4.78, 5) is 0. The molecule has 0 aliphatic heterocycles. The van der Waals surface area contributed by atoms with Gasteiger partial charge in [0.25, 0.3) is 0 Å². The predicted octanol–water partition coefficient (Wildman–Crippen LogP) is 8.36. The van der Waals surface area contributed by atoms with Crippen LogP contribution in [-0.4, -0.2) is 0 Å². The third-order valence-corrected chi connectivity index (χ3v) is 7.05. The van der Waals surface area contributed by atoms with E-state index in [0.29, 0.717) is 0 Å². The van der Waals surface area contributed by atoms with E-state index in [1.807, 2.05) is 0 Å². The van der Waals surface area contributed by atoms with Crippen LogP contribution in [0.4, 0.5) is 26.3 Å². The highest BCUT2D eigenvalue weighted by Gasteiger charge is 2.53. The number of hydrogen-bond acceptors (Lipinski definition) is 6. The summed E-state index contributed by atoms with van der Waals surface area (Å²) in [6, 6.07) is 15.5. The van der Waals surface area contributed by atoms with Gasteiger partial charge in [0.1, 0.15) is 47.6 Å². The molecule has 6 nitrogen and oxygen atoms in total. The van der Waals surface area contributed by atoms with Gasteiger partial charge in [0, 0.05) is 44.5 Å². The Labute approximate surface area is 257 Å². The quantitative estimate of drug-likeness (QED) is 0.191. The van der Waals surface area contributed by atoms with Crippen molar-refractivity contribution in [1.82, 2.24) is 0 Å². The van der Waals surface area contributed by atoms with Crippen molar-refractivity contribution in [2.45, 2.75) is 12.4 Å². The van der Waals surface area contributed by atoms with E-state index in [2.05, 4.69) is 13.2 Å². The molecule has 0 amide bonds. The van der Waals surface area contributed by atoms with Crippen molar-refractivity contribution in [1.29, 1.82) is 31.6 Å². The molecule has 0 atom stereocenters. The molecule has 0 radical (unpaired) electrons. The van der Waals surface area contributed by atoms with Crippen LogP contribution in [0, 0.1) is 68.0 Å². The fraction of sp³-hybridized carbons (Fsp3) is 0.0588. The third-order valence-electron chi connectivity index (χ3n) is 7.05. The van der Waals surface area contributed by atoms with Crippen LogP contribution in [0.15, 0.2) is 84.0 Å². The van der Waals surface area contributed by atoms with Crippen LogP contribution in [-0.2, 0) is 12.4 Å². The first-order valence-corrected chi connectivity index (χ1v) is 12.6. The van der Waals surface area contributed by atoms with Gasteiger partial charge in [-0.1, -0.05) is 61.7 Å². The van der Waals surface area contributed by atoms with Crippen molar-refractivity contribution in [2.24, 2.45) is 0 Å². The lowest BCUT2D eigenvalue weighted by molar-refractivity contribution is -0.141. The summed E-state index contributed by atoms with van der Waals surface area (Å²) in [6.07, 6.45) is -7.66. The van der Waals surface area contributed by atoms with Crippen LogP contribution < -0.4 is 0 Å². The summed E-state index contributed by atoms with van der Waals surface area (Å²) in [5.74, 6) is 0. The number of hydrogen-bond donors (Lipinski definition) is 0. The van der Waals surface area contributed by atoms with Gasteiger partial charge >= 0.3 is 12.4 Å². The number of fused-ring (bicyclic) bond motifs is 2. The molecule has 12 heteroatoms. The van der Waals surface area contributed by atoms with Crippen LogP contribution >= 0.6 is 0 Å². The zero-order valence-corrected chi connectivity index (χ0v) is 23.0. The summed E-state index contributed by atoms with van der Waals surface area (Å²) in [5, 5.41) is 59.7. The zero-order chi connectivity index (χ0) is 34.1. The molecule has 220 valence electrons. The summed E-state index contributed by atoms with van der Waals surface area (Å²) in [5.41, 5.74) is -16.6. The average Bonchev–Trinajstić information content (AvgIpc) is 3.52. The molecule has 0 saturated carbocycles. The highest BCUT2D eigenvalue weighted by atomic mass is 19.4. The van der Waals surface area contributed by atoms with E-state index in [-0.39, 0.29) is 11.1 Å². The Morgan fingerprint density at radius 2 is 1.11 bits per heavy atom. The number of allylic oxidation sites excluding steroid dienone is 12. The van der Waals surface area contributed by atoms with E-state index >= 15 is 26.3 Å². The maximum Gasteiger partial charge on any atom is 0.417 e. The second-order valence-electron chi connectivity index (χ2n) is 9.40. The molecule has 0 aromatic heterocycles. The fourth-order valence-electron chi connectivity index (χ4n) is 5.55. The summed E-state index contributed by atoms with van der Waals surface area (Å²) in [6.45, 7) is 7.09. The lowest BCUT2D eigenvalue weighted by atomic mass is 9.81. The van der Waals surface area contributed by atoms with Gasteiger partial charge < -0.3 is 0 Å². The first kappa shape index (κ1) is 32.1. The van der Waals surface area contributed by atoms with Crippen LogP contribution in [0.1, 0.15) is 38.9 Å². The van der Waals surface area contributed by atoms with Gasteiger partial charge in [-0.2, -0.15) is 57.9 Å². The van der Waals surface area contributed by atoms with Gasteiger partial charge in [-0.15, -0.1) is 0 Å². The van der Waals surface area contributed by atoms with E-state index in [0.717, 1.165) is 6.08 Å². The van der Waals surface area contributed by atoms with Crippen LogP contribution in [0.5, 0.6) is 0 Å². The van der Waals surface area contributed by atoms with Crippen molar-refractivity contribution in [3.63, 3.8) is 0 Å². The Hall–Kier alpha value is -6.86. The van der Waals surface area contributed by atoms with Gasteiger partial charge in [0.15, 0.2) is 0 Å². The van der Waals surface area contributed by atoms with Gasteiger partial charge in [-0.3, -0.25) is 0 Å². The topological polar surface area (TPSA) is 143 Å². The molecule has 0 unspecified atom stereocenters. The smallest absolute Gasteiger partial charge is 0.192 e. The molecule has 0 heterocycles. The van der Waals surface area contributed by atoms with Crippen molar-refractivity contribution in [3.8, 4) is 36.4 Å². The molecule has 0 spiro atoms. The molecule has 0 fully saturated rings. The summed E-state index contributed by atoms with van der Waals surface area (Å²) < 4.78 is 92.2. The Morgan fingerprint density at radius 3 is 1.57 bits per heavy atom. The lowest BCUT2D eigenvalue weighted by Crippen LogP contribution is -2.20. The zero-order valence-electron chi connectivity index (χ0n) is 23.0. The summed E-state index contributed by atoms with van der Waals surface area (Å²) in [7, 11) is 0. The predicted molar refractivity (Wildman–Crippen MR) is 153 cm³/mol. The standard InChI is InChI=1S/C34H12F6N6/c1-3-4-8-17(2)23-21(15-45)27-29(25(23)19(11-41)12-42)32(34(38,39)40)30-26(20(13-43)14-44)24(18-9-6-5-7-10-18)22(16-46)28(30)31(27)33(35,36)37/h3-10H,1-2H2/b8-4-. The number of halogens is 6. The molecule has 2 aliphatic rings. The molecular formula is C34H12F6N6. The van der Waals surface area contributed by atoms with Crippen molar-refractivity contribution < 1.29 is 26.3 Å². The number of nitriles is 6. The lowest BCUT2D eigenvalue weighted by Gasteiger charge is -2.24. The molecule has 2 aromatic rings. The highest BCUT2D eigenvalue weighted by molar-refractivity contribution is 6.28. The van der Waals surface area contributed by atoms with E-state index in [1.165, 1.54) is 78.9 Å². The minimum absolute atomic E-state index is 0.0835. The monoisotopic (exact) mass is 618 g/mol. The van der Waals surface area contributed by atoms with E-state index in [4.69, 9.17) is 0 Å². The normalized spacial score (nSPS) is 13.6. The Kier molecular flexibility index (Phi) is 8.13. The fourth-order valence-corrected chi connectivity index (χ4v) is 5.55. The maximum absolute atomic E-state index is 15.4. The highest BCUT2D eigenvalue weighted by Crippen LogP contribution is 2.62. The number of alkyl halides is 6. The van der Waals surface area contributed by atoms with Crippen molar-refractivity contribution >= 4 is 27.9 Å². The summed E-state index contributed by atoms with van der Waals surface area (Å²) >= 11 is 0. The van der Waals surface area contributed by atoms with E-state index < -0.39 is 90.3 Å². The Balaban J connectivity index is 2.55. The van der Waals surface area contributed by atoms with Gasteiger partial charge in [-0.05, 0) is 11.1 Å². The Bertz CT molecular complexity index is 2170. The molecule has 0 N–H and O–H groups in total.